The van der Waals surface area contributed by atoms with Gasteiger partial charge in [0.15, 0.2) is 9.84 Å². The van der Waals surface area contributed by atoms with E-state index in [4.69, 9.17) is 0 Å². The molecule has 21 heavy (non-hydrogen) atoms. The minimum absolute atomic E-state index is 0.140. The lowest BCUT2D eigenvalue weighted by molar-refractivity contribution is 0.601. The Hall–Kier alpha value is -1.67. The maximum absolute atomic E-state index is 11.9. The Morgan fingerprint density at radius 2 is 2.10 bits per heavy atom. The highest BCUT2D eigenvalue weighted by molar-refractivity contribution is 7.92. The zero-order valence-corrected chi connectivity index (χ0v) is 13.0. The number of nitrogens with one attached hydrogen (secondary N) is 1. The number of hydrogen-bond acceptors (Lipinski definition) is 5. The third-order valence-corrected chi connectivity index (χ3v) is 6.32. The summed E-state index contributed by atoms with van der Waals surface area (Å²) in [5, 5.41) is 1.68. The topological polar surface area (TPSA) is 89.0 Å². The summed E-state index contributed by atoms with van der Waals surface area (Å²) in [6, 6.07) is 1.69. The summed E-state index contributed by atoms with van der Waals surface area (Å²) in [4.78, 5) is 25.9. The van der Waals surface area contributed by atoms with Crippen molar-refractivity contribution in [3.8, 4) is 0 Å². The van der Waals surface area contributed by atoms with E-state index in [0.29, 0.717) is 11.1 Å². The van der Waals surface area contributed by atoms with Crippen LogP contribution in [0.15, 0.2) is 31.4 Å². The van der Waals surface area contributed by atoms with Crippen molar-refractivity contribution >= 4 is 21.2 Å². The van der Waals surface area contributed by atoms with E-state index in [1.807, 2.05) is 0 Å². The Bertz CT molecular complexity index is 901. The first-order valence-electron chi connectivity index (χ1n) is 6.46. The van der Waals surface area contributed by atoms with Gasteiger partial charge in [-0.1, -0.05) is 0 Å². The molecule has 6 nitrogen and oxygen atoms in total. The first kappa shape index (κ1) is 14.3. The molecule has 0 spiro atoms. The molecule has 3 rings (SSSR count). The highest BCUT2D eigenvalue weighted by Crippen LogP contribution is 2.37. The summed E-state index contributed by atoms with van der Waals surface area (Å²) in [6.07, 6.45) is 4.61. The van der Waals surface area contributed by atoms with Crippen molar-refractivity contribution in [2.24, 2.45) is 0 Å². The number of aromatic nitrogens is 2. The number of H-pyrrole nitrogens is 1. The van der Waals surface area contributed by atoms with E-state index in [0.717, 1.165) is 30.4 Å². The Kier molecular flexibility index (Phi) is 3.37. The van der Waals surface area contributed by atoms with Crippen LogP contribution in [0.1, 0.15) is 29.9 Å². The van der Waals surface area contributed by atoms with E-state index < -0.39 is 15.5 Å². The lowest BCUT2D eigenvalue weighted by Crippen LogP contribution is -2.32. The number of thiophene rings is 1. The molecule has 0 atom stereocenters. The monoisotopic (exact) mass is 326 g/mol. The van der Waals surface area contributed by atoms with Crippen molar-refractivity contribution in [2.45, 2.75) is 29.5 Å². The SMILES string of the molecule is CS(=O)(=O)c1sccc1Cn1cc(C2CC2)c(=O)[nH]c1=O. The second kappa shape index (κ2) is 4.96. The van der Waals surface area contributed by atoms with Gasteiger partial charge in [0.25, 0.3) is 5.56 Å². The molecule has 2 heterocycles. The van der Waals surface area contributed by atoms with Gasteiger partial charge in [-0.15, -0.1) is 11.3 Å². The molecule has 8 heteroatoms. The van der Waals surface area contributed by atoms with E-state index >= 15 is 0 Å². The Morgan fingerprint density at radius 1 is 1.38 bits per heavy atom. The summed E-state index contributed by atoms with van der Waals surface area (Å²) < 4.78 is 25.0. The van der Waals surface area contributed by atoms with E-state index in [-0.39, 0.29) is 22.2 Å². The Balaban J connectivity index is 2.03. The fourth-order valence-electron chi connectivity index (χ4n) is 2.28. The van der Waals surface area contributed by atoms with Crippen LogP contribution in [0.4, 0.5) is 0 Å². The molecule has 2 aromatic rings. The van der Waals surface area contributed by atoms with Crippen LogP contribution >= 0.6 is 11.3 Å². The molecule has 112 valence electrons. The molecule has 1 N–H and O–H groups in total. The van der Waals surface area contributed by atoms with Gasteiger partial charge in [0.2, 0.25) is 0 Å². The molecule has 0 bridgehead atoms. The number of aromatic amines is 1. The molecule has 2 aromatic heterocycles. The molecule has 1 aliphatic carbocycles. The molecule has 1 fully saturated rings. The number of nitrogens with zero attached hydrogens (tertiary/aromatic N) is 1. The third kappa shape index (κ3) is 2.86. The Labute approximate surface area is 125 Å². The minimum Gasteiger partial charge on any atom is -0.296 e. The van der Waals surface area contributed by atoms with Gasteiger partial charge >= 0.3 is 5.69 Å². The minimum atomic E-state index is -3.31. The lowest BCUT2D eigenvalue weighted by atomic mass is 10.2. The van der Waals surface area contributed by atoms with Crippen molar-refractivity contribution in [3.63, 3.8) is 0 Å². The summed E-state index contributed by atoms with van der Waals surface area (Å²) >= 11 is 1.13. The maximum Gasteiger partial charge on any atom is 0.328 e. The summed E-state index contributed by atoms with van der Waals surface area (Å²) in [7, 11) is -3.31. The molecule has 1 saturated carbocycles. The zero-order valence-electron chi connectivity index (χ0n) is 11.3. The maximum atomic E-state index is 11.9. The molecular formula is C13H14N2O4S2. The van der Waals surface area contributed by atoms with Crippen molar-refractivity contribution in [3.05, 3.63) is 49.6 Å². The average Bonchev–Trinajstić information content (AvgIpc) is 3.10. The summed E-state index contributed by atoms with van der Waals surface area (Å²) in [6.45, 7) is 0.140. The summed E-state index contributed by atoms with van der Waals surface area (Å²) in [5.74, 6) is 0.220. The van der Waals surface area contributed by atoms with Crippen LogP contribution in [-0.4, -0.2) is 24.2 Å². The van der Waals surface area contributed by atoms with Crippen LogP contribution in [0.3, 0.4) is 0 Å². The number of hydrogen-bond donors (Lipinski definition) is 1. The second-order valence-corrected chi connectivity index (χ2v) is 8.38. The van der Waals surface area contributed by atoms with Crippen LogP contribution in [0, 0.1) is 0 Å². The van der Waals surface area contributed by atoms with E-state index in [1.54, 1.807) is 17.6 Å². The van der Waals surface area contributed by atoms with Gasteiger partial charge in [0.05, 0.1) is 6.54 Å². The van der Waals surface area contributed by atoms with Crippen molar-refractivity contribution in [2.75, 3.05) is 6.26 Å². The highest BCUT2D eigenvalue weighted by Gasteiger charge is 2.27. The van der Waals surface area contributed by atoms with Crippen molar-refractivity contribution in [1.29, 1.82) is 0 Å². The predicted molar refractivity (Wildman–Crippen MR) is 79.8 cm³/mol. The van der Waals surface area contributed by atoms with E-state index in [9.17, 15) is 18.0 Å². The van der Waals surface area contributed by atoms with Gasteiger partial charge in [-0.2, -0.15) is 0 Å². The van der Waals surface area contributed by atoms with Gasteiger partial charge in [-0.3, -0.25) is 14.3 Å². The van der Waals surface area contributed by atoms with Crippen molar-refractivity contribution in [1.82, 2.24) is 9.55 Å². The fourth-order valence-corrected chi connectivity index (χ4v) is 4.39. The molecular weight excluding hydrogens is 312 g/mol. The number of sulfone groups is 1. The van der Waals surface area contributed by atoms with Gasteiger partial charge in [-0.25, -0.2) is 13.2 Å². The summed E-state index contributed by atoms with van der Waals surface area (Å²) in [5.41, 5.74) is 0.312. The molecule has 1 aliphatic rings. The molecule has 0 aliphatic heterocycles. The van der Waals surface area contributed by atoms with Gasteiger partial charge in [0, 0.05) is 23.6 Å². The van der Waals surface area contributed by atoms with Gasteiger partial charge in [0.1, 0.15) is 4.21 Å². The number of rotatable bonds is 4. The second-order valence-electron chi connectivity index (χ2n) is 5.25. The predicted octanol–water partition coefficient (Wildman–Crippen LogP) is 0.927. The average molecular weight is 326 g/mol. The zero-order chi connectivity index (χ0) is 15.2. The molecule has 0 unspecified atom stereocenters. The molecule has 0 aromatic carbocycles. The lowest BCUT2D eigenvalue weighted by Gasteiger charge is -2.07. The van der Waals surface area contributed by atoms with E-state index in [2.05, 4.69) is 4.98 Å². The third-order valence-electron chi connectivity index (χ3n) is 3.44. The van der Waals surface area contributed by atoms with Crippen LogP contribution in [-0.2, 0) is 16.4 Å². The van der Waals surface area contributed by atoms with Crippen LogP contribution < -0.4 is 11.2 Å². The fraction of sp³-hybridized carbons (Fsp3) is 0.385. The normalized spacial score (nSPS) is 15.3. The molecule has 0 radical (unpaired) electrons. The highest BCUT2D eigenvalue weighted by atomic mass is 32.2. The Morgan fingerprint density at radius 3 is 2.71 bits per heavy atom. The molecule has 0 amide bonds. The molecule has 0 saturated heterocycles. The quantitative estimate of drug-likeness (QED) is 0.905. The first-order chi connectivity index (χ1) is 9.86. The van der Waals surface area contributed by atoms with Gasteiger partial charge < -0.3 is 0 Å². The van der Waals surface area contributed by atoms with Crippen LogP contribution in [0.5, 0.6) is 0 Å². The van der Waals surface area contributed by atoms with Crippen LogP contribution in [0.25, 0.3) is 0 Å². The first-order valence-corrected chi connectivity index (χ1v) is 9.23. The smallest absolute Gasteiger partial charge is 0.296 e. The standard InChI is InChI=1S/C13H14N2O4S2/c1-21(18,19)12-9(4-5-20-12)6-15-7-10(8-2-3-8)11(16)14-13(15)17/h4-5,7-8H,2-3,6H2,1H3,(H,14,16,17). The van der Waals surface area contributed by atoms with Gasteiger partial charge in [-0.05, 0) is 30.2 Å². The van der Waals surface area contributed by atoms with Crippen LogP contribution in [0.2, 0.25) is 0 Å². The largest absolute Gasteiger partial charge is 0.328 e. The van der Waals surface area contributed by atoms with Crippen molar-refractivity contribution < 1.29 is 8.42 Å². The van der Waals surface area contributed by atoms with E-state index in [1.165, 1.54) is 4.57 Å².